The van der Waals surface area contributed by atoms with Crippen LogP contribution in [0.25, 0.3) is 0 Å². The molecule has 1 atom stereocenters. The van der Waals surface area contributed by atoms with E-state index in [0.29, 0.717) is 19.8 Å². The predicted octanol–water partition coefficient (Wildman–Crippen LogP) is 2.44. The van der Waals surface area contributed by atoms with Crippen LogP contribution in [0.1, 0.15) is 38.1 Å². The van der Waals surface area contributed by atoms with Crippen molar-refractivity contribution in [3.05, 3.63) is 35.9 Å². The van der Waals surface area contributed by atoms with Crippen LogP contribution in [0, 0.1) is 5.41 Å². The van der Waals surface area contributed by atoms with Crippen LogP contribution in [0.2, 0.25) is 0 Å². The Balaban J connectivity index is 1.42. The molecule has 1 aromatic carbocycles. The molecule has 0 bridgehead atoms. The summed E-state index contributed by atoms with van der Waals surface area (Å²) in [6, 6.07) is 6.14. The van der Waals surface area contributed by atoms with Gasteiger partial charge in [0.25, 0.3) is 0 Å². The minimum Gasteiger partial charge on any atom is -0.454 e. The molecule has 1 unspecified atom stereocenters. The molecule has 1 aromatic heterocycles. The molecule has 2 aliphatic rings. The van der Waals surface area contributed by atoms with Gasteiger partial charge in [0.05, 0.1) is 0 Å². The van der Waals surface area contributed by atoms with E-state index in [9.17, 15) is 4.79 Å². The second-order valence-electron chi connectivity index (χ2n) is 7.77. The van der Waals surface area contributed by atoms with Gasteiger partial charge in [-0.2, -0.15) is 0 Å². The van der Waals surface area contributed by atoms with Gasteiger partial charge < -0.3 is 18.9 Å². The lowest BCUT2D eigenvalue weighted by Crippen LogP contribution is -2.47. The largest absolute Gasteiger partial charge is 0.454 e. The van der Waals surface area contributed by atoms with E-state index < -0.39 is 0 Å². The molecular weight excluding hydrogens is 344 g/mol. The maximum Gasteiger partial charge on any atom is 0.231 e. The Morgan fingerprint density at radius 1 is 1.26 bits per heavy atom. The van der Waals surface area contributed by atoms with Gasteiger partial charge in [-0.3, -0.25) is 4.79 Å². The zero-order chi connectivity index (χ0) is 18.9. The van der Waals surface area contributed by atoms with Gasteiger partial charge in [-0.05, 0) is 42.9 Å². The number of hydrogen-bond donors (Lipinski definition) is 0. The fourth-order valence-corrected chi connectivity index (χ4v) is 4.06. The third-order valence-electron chi connectivity index (χ3n) is 5.58. The van der Waals surface area contributed by atoms with Gasteiger partial charge in [0.1, 0.15) is 12.2 Å². The summed E-state index contributed by atoms with van der Waals surface area (Å²) in [6.45, 7) is 6.93. The molecule has 0 aliphatic carbocycles. The van der Waals surface area contributed by atoms with Crippen molar-refractivity contribution in [2.24, 2.45) is 5.41 Å². The molecule has 0 N–H and O–H groups in total. The number of ether oxygens (including phenoxy) is 2. The number of rotatable bonds is 6. The summed E-state index contributed by atoms with van der Waals surface area (Å²) in [6.07, 6.45) is 4.90. The first-order chi connectivity index (χ1) is 13.1. The SMILES string of the molecule is CCn1cnnc1CCN1CC(C)(Cc2ccc3c(c2)OCO3)CCC1=O. The Labute approximate surface area is 159 Å². The van der Waals surface area contributed by atoms with E-state index in [2.05, 4.69) is 36.2 Å². The van der Waals surface area contributed by atoms with Crippen LogP contribution in [0.4, 0.5) is 0 Å². The molecule has 2 aromatic rings. The van der Waals surface area contributed by atoms with Crippen molar-refractivity contribution >= 4 is 5.91 Å². The molecule has 7 nitrogen and oxygen atoms in total. The molecule has 0 radical (unpaired) electrons. The smallest absolute Gasteiger partial charge is 0.231 e. The molecular formula is C20H26N4O3. The monoisotopic (exact) mass is 370 g/mol. The average Bonchev–Trinajstić information content (AvgIpc) is 3.30. The highest BCUT2D eigenvalue weighted by Gasteiger charge is 2.35. The van der Waals surface area contributed by atoms with Crippen molar-refractivity contribution in [2.45, 2.75) is 46.1 Å². The fraction of sp³-hybridized carbons (Fsp3) is 0.550. The molecule has 0 spiro atoms. The first-order valence-electron chi connectivity index (χ1n) is 9.59. The standard InChI is InChI=1S/C20H26N4O3/c1-3-23-13-21-22-18(23)7-9-24-12-20(2,8-6-19(24)25)11-15-4-5-16-17(10-15)27-14-26-16/h4-5,10,13H,3,6-9,11-12,14H2,1-2H3. The number of benzene rings is 1. The van der Waals surface area contributed by atoms with Crippen LogP contribution >= 0.6 is 0 Å². The van der Waals surface area contributed by atoms with E-state index in [0.717, 1.165) is 49.7 Å². The van der Waals surface area contributed by atoms with E-state index in [4.69, 9.17) is 9.47 Å². The number of piperidine rings is 1. The predicted molar refractivity (Wildman–Crippen MR) is 99.6 cm³/mol. The van der Waals surface area contributed by atoms with E-state index in [1.54, 1.807) is 6.33 Å². The van der Waals surface area contributed by atoms with Crippen LogP contribution in [-0.4, -0.2) is 45.5 Å². The molecule has 144 valence electrons. The second kappa shape index (κ2) is 7.21. The van der Waals surface area contributed by atoms with Crippen molar-refractivity contribution in [3.8, 4) is 11.5 Å². The third-order valence-corrected chi connectivity index (χ3v) is 5.58. The highest BCUT2D eigenvalue weighted by molar-refractivity contribution is 5.77. The van der Waals surface area contributed by atoms with Gasteiger partial charge in [0.15, 0.2) is 11.5 Å². The van der Waals surface area contributed by atoms with E-state index in [-0.39, 0.29) is 11.3 Å². The molecule has 1 saturated heterocycles. The van der Waals surface area contributed by atoms with Crippen LogP contribution in [0.5, 0.6) is 11.5 Å². The number of hydrogen-bond acceptors (Lipinski definition) is 5. The summed E-state index contributed by atoms with van der Waals surface area (Å²) in [5.74, 6) is 2.80. The minimum atomic E-state index is 0.0556. The highest BCUT2D eigenvalue weighted by Crippen LogP contribution is 2.37. The maximum absolute atomic E-state index is 12.4. The number of nitrogens with zero attached hydrogens (tertiary/aromatic N) is 4. The highest BCUT2D eigenvalue weighted by atomic mass is 16.7. The number of aryl methyl sites for hydroxylation is 1. The van der Waals surface area contributed by atoms with Crippen LogP contribution in [0.15, 0.2) is 24.5 Å². The van der Waals surface area contributed by atoms with E-state index >= 15 is 0 Å². The summed E-state index contributed by atoms with van der Waals surface area (Å²) in [5, 5.41) is 8.16. The first kappa shape index (κ1) is 17.8. The number of fused-ring (bicyclic) bond motifs is 1. The average molecular weight is 370 g/mol. The van der Waals surface area contributed by atoms with E-state index in [1.165, 1.54) is 5.56 Å². The van der Waals surface area contributed by atoms with Crippen molar-refractivity contribution in [3.63, 3.8) is 0 Å². The molecule has 2 aliphatic heterocycles. The zero-order valence-corrected chi connectivity index (χ0v) is 16.0. The van der Waals surface area contributed by atoms with Gasteiger partial charge >= 0.3 is 0 Å². The molecule has 27 heavy (non-hydrogen) atoms. The normalized spacial score (nSPS) is 21.7. The zero-order valence-electron chi connectivity index (χ0n) is 16.0. The lowest BCUT2D eigenvalue weighted by Gasteiger charge is -2.40. The number of aromatic nitrogens is 3. The topological polar surface area (TPSA) is 69.5 Å². The summed E-state index contributed by atoms with van der Waals surface area (Å²) >= 11 is 0. The Hall–Kier alpha value is -2.57. The summed E-state index contributed by atoms with van der Waals surface area (Å²) < 4.78 is 12.9. The second-order valence-corrected chi connectivity index (χ2v) is 7.77. The Bertz CT molecular complexity index is 834. The van der Waals surface area contributed by atoms with Crippen molar-refractivity contribution in [2.75, 3.05) is 19.9 Å². The minimum absolute atomic E-state index is 0.0556. The summed E-state index contributed by atoms with van der Waals surface area (Å²) in [4.78, 5) is 14.4. The van der Waals surface area contributed by atoms with Crippen LogP contribution < -0.4 is 9.47 Å². The van der Waals surface area contributed by atoms with Gasteiger partial charge in [-0.15, -0.1) is 10.2 Å². The van der Waals surface area contributed by atoms with Gasteiger partial charge in [-0.25, -0.2) is 0 Å². The molecule has 7 heteroatoms. The number of carbonyl (C=O) groups excluding carboxylic acids is 1. The molecule has 0 saturated carbocycles. The van der Waals surface area contributed by atoms with Crippen molar-refractivity contribution < 1.29 is 14.3 Å². The lowest BCUT2D eigenvalue weighted by atomic mass is 9.76. The fourth-order valence-electron chi connectivity index (χ4n) is 4.06. The quantitative estimate of drug-likeness (QED) is 0.781. The summed E-state index contributed by atoms with van der Waals surface area (Å²) in [7, 11) is 0. The Kier molecular flexibility index (Phi) is 4.76. The first-order valence-corrected chi connectivity index (χ1v) is 9.59. The lowest BCUT2D eigenvalue weighted by molar-refractivity contribution is -0.137. The summed E-state index contributed by atoms with van der Waals surface area (Å²) in [5.41, 5.74) is 1.28. The van der Waals surface area contributed by atoms with Crippen molar-refractivity contribution in [1.29, 1.82) is 0 Å². The molecule has 4 rings (SSSR count). The number of likely N-dealkylation sites (tertiary alicyclic amines) is 1. The number of amides is 1. The van der Waals surface area contributed by atoms with Crippen LogP contribution in [-0.2, 0) is 24.2 Å². The molecule has 3 heterocycles. The molecule has 1 fully saturated rings. The Morgan fingerprint density at radius 2 is 2.11 bits per heavy atom. The van der Waals surface area contributed by atoms with Gasteiger partial charge in [0.2, 0.25) is 12.7 Å². The van der Waals surface area contributed by atoms with Gasteiger partial charge in [-0.1, -0.05) is 13.0 Å². The Morgan fingerprint density at radius 3 is 2.96 bits per heavy atom. The van der Waals surface area contributed by atoms with Crippen molar-refractivity contribution in [1.82, 2.24) is 19.7 Å². The molecule has 1 amide bonds. The van der Waals surface area contributed by atoms with Crippen LogP contribution in [0.3, 0.4) is 0 Å². The number of carbonyl (C=O) groups is 1. The van der Waals surface area contributed by atoms with Gasteiger partial charge in [0, 0.05) is 32.5 Å². The maximum atomic E-state index is 12.4. The van der Waals surface area contributed by atoms with E-state index in [1.807, 2.05) is 15.5 Å². The third kappa shape index (κ3) is 3.77.